The highest BCUT2D eigenvalue weighted by Gasteiger charge is 2.45. The number of alkyl halides is 3. The first-order valence-electron chi connectivity index (χ1n) is 9.91. The molecule has 0 bridgehead atoms. The molecule has 4 nitrogen and oxygen atoms in total. The summed E-state index contributed by atoms with van der Waals surface area (Å²) in [7, 11) is 0. The van der Waals surface area contributed by atoms with E-state index in [-0.39, 0.29) is 34.3 Å². The summed E-state index contributed by atoms with van der Waals surface area (Å²) in [4.78, 5) is 15.5. The van der Waals surface area contributed by atoms with E-state index in [1.807, 2.05) is 25.3 Å². The Kier molecular flexibility index (Phi) is 5.92. The normalized spacial score (nSPS) is 20.7. The molecule has 1 aromatic carbocycles. The van der Waals surface area contributed by atoms with Gasteiger partial charge in [0, 0.05) is 32.4 Å². The fraction of sp³-hybridized carbons (Fsp3) is 0.304. The number of anilines is 1. The summed E-state index contributed by atoms with van der Waals surface area (Å²) in [6.45, 7) is 3.83. The molecule has 2 aromatic rings. The van der Waals surface area contributed by atoms with E-state index in [4.69, 9.17) is 17.3 Å². The number of nitrogens with zero attached hydrogens (tertiary/aromatic N) is 2. The van der Waals surface area contributed by atoms with Crippen LogP contribution in [0, 0.1) is 16.7 Å². The second-order valence-electron chi connectivity index (χ2n) is 8.81. The molecular formula is C23H18BrClF3N3OS. The number of Topliss-reactive ketones (excluding diaryl/α,β-unsaturated/α-hetero) is 1. The summed E-state index contributed by atoms with van der Waals surface area (Å²) in [5.74, 6) is -0.882. The fourth-order valence-corrected chi connectivity index (χ4v) is 6.17. The average Bonchev–Trinajstić information content (AvgIpc) is 3.12. The molecule has 0 fully saturated rings. The van der Waals surface area contributed by atoms with Crippen LogP contribution in [0.3, 0.4) is 0 Å². The molecule has 2 aliphatic rings. The van der Waals surface area contributed by atoms with Crippen LogP contribution in [-0.4, -0.2) is 5.78 Å². The van der Waals surface area contributed by atoms with Gasteiger partial charge in [0.1, 0.15) is 5.82 Å². The van der Waals surface area contributed by atoms with Gasteiger partial charge in [0.25, 0.3) is 0 Å². The molecule has 172 valence electrons. The molecule has 0 amide bonds. The van der Waals surface area contributed by atoms with Gasteiger partial charge in [-0.05, 0) is 52.0 Å². The monoisotopic (exact) mass is 555 g/mol. The molecule has 0 saturated heterocycles. The number of nitriles is 1. The van der Waals surface area contributed by atoms with Crippen LogP contribution in [0.2, 0.25) is 5.02 Å². The Balaban J connectivity index is 2.03. The lowest BCUT2D eigenvalue weighted by molar-refractivity contribution is -0.137. The van der Waals surface area contributed by atoms with Gasteiger partial charge in [0.15, 0.2) is 5.78 Å². The van der Waals surface area contributed by atoms with Crippen LogP contribution in [0.4, 0.5) is 18.9 Å². The Morgan fingerprint density at radius 2 is 2.00 bits per heavy atom. The van der Waals surface area contributed by atoms with Gasteiger partial charge in [-0.1, -0.05) is 25.4 Å². The number of nitrogens with two attached hydrogens (primary N) is 1. The molecule has 2 heterocycles. The topological polar surface area (TPSA) is 70.1 Å². The second kappa shape index (κ2) is 8.19. The molecule has 0 radical (unpaired) electrons. The van der Waals surface area contributed by atoms with Gasteiger partial charge >= 0.3 is 6.18 Å². The van der Waals surface area contributed by atoms with Crippen LogP contribution in [0.5, 0.6) is 0 Å². The molecule has 4 rings (SSSR count). The third kappa shape index (κ3) is 4.20. The van der Waals surface area contributed by atoms with Crippen molar-refractivity contribution in [3.8, 4) is 6.07 Å². The number of ketones is 1. The van der Waals surface area contributed by atoms with Crippen molar-refractivity contribution in [2.24, 2.45) is 11.1 Å². The van der Waals surface area contributed by atoms with Crippen molar-refractivity contribution in [3.63, 3.8) is 0 Å². The number of rotatable bonds is 2. The maximum atomic E-state index is 13.5. The van der Waals surface area contributed by atoms with Crippen molar-refractivity contribution in [1.29, 1.82) is 5.26 Å². The van der Waals surface area contributed by atoms with Crippen LogP contribution in [0.1, 0.15) is 43.0 Å². The van der Waals surface area contributed by atoms with E-state index in [1.54, 1.807) is 0 Å². The summed E-state index contributed by atoms with van der Waals surface area (Å²) in [5.41, 5.74) is 6.05. The molecule has 0 saturated carbocycles. The summed E-state index contributed by atoms with van der Waals surface area (Å²) in [6.07, 6.45) is -3.98. The van der Waals surface area contributed by atoms with E-state index in [1.165, 1.54) is 16.2 Å². The first kappa shape index (κ1) is 23.9. The smallest absolute Gasteiger partial charge is 0.384 e. The molecule has 1 aliphatic heterocycles. The molecule has 10 heteroatoms. The summed E-state index contributed by atoms with van der Waals surface area (Å²) in [6, 6.07) is 6.87. The molecule has 33 heavy (non-hydrogen) atoms. The van der Waals surface area contributed by atoms with E-state index in [9.17, 15) is 23.2 Å². The van der Waals surface area contributed by atoms with Gasteiger partial charge in [-0.25, -0.2) is 0 Å². The maximum Gasteiger partial charge on any atom is 0.416 e. The van der Waals surface area contributed by atoms with Crippen molar-refractivity contribution < 1.29 is 18.0 Å². The number of carbonyl (C=O) groups excluding carboxylic acids is 1. The summed E-state index contributed by atoms with van der Waals surface area (Å²) in [5, 5.41) is 11.9. The van der Waals surface area contributed by atoms with Crippen LogP contribution < -0.4 is 10.6 Å². The minimum atomic E-state index is -4.60. The summed E-state index contributed by atoms with van der Waals surface area (Å²) >= 11 is 11.1. The minimum Gasteiger partial charge on any atom is -0.384 e. The van der Waals surface area contributed by atoms with Crippen LogP contribution in [-0.2, 0) is 11.0 Å². The Morgan fingerprint density at radius 3 is 2.58 bits per heavy atom. The Labute approximate surface area is 206 Å². The lowest BCUT2D eigenvalue weighted by atomic mass is 9.69. The summed E-state index contributed by atoms with van der Waals surface area (Å²) < 4.78 is 41.3. The van der Waals surface area contributed by atoms with Gasteiger partial charge < -0.3 is 5.73 Å². The van der Waals surface area contributed by atoms with E-state index in [2.05, 4.69) is 22.0 Å². The standard InChI is InChI=1S/C23H18BrClF3N3OS/c1-22(2)7-16-20(17(32)8-22)19(18-6-12(24)10-33-18)13(9-29)21(30)31(16)15-5-11(23(26,27)28)3-4-14(15)25/h3-6,10,19H,7-8,30H2,1-2H3. The first-order valence-corrected chi connectivity index (χ1v) is 12.0. The number of benzene rings is 1. The zero-order chi connectivity index (χ0) is 24.3. The largest absolute Gasteiger partial charge is 0.416 e. The quantitative estimate of drug-likeness (QED) is 0.427. The van der Waals surface area contributed by atoms with Gasteiger partial charge in [-0.2, -0.15) is 18.4 Å². The van der Waals surface area contributed by atoms with Crippen molar-refractivity contribution >= 4 is 50.3 Å². The van der Waals surface area contributed by atoms with Crippen LogP contribution in [0.15, 0.2) is 56.8 Å². The van der Waals surface area contributed by atoms with E-state index < -0.39 is 23.1 Å². The number of hydrogen-bond donors (Lipinski definition) is 1. The SMILES string of the molecule is CC1(C)CC(=O)C2=C(C1)N(c1cc(C(F)(F)F)ccc1Cl)C(N)=C(C#N)C2c1cc(Br)cs1. The highest BCUT2D eigenvalue weighted by atomic mass is 79.9. The third-order valence-corrected chi connectivity index (χ3v) is 7.85. The lowest BCUT2D eigenvalue weighted by Crippen LogP contribution is -2.42. The van der Waals surface area contributed by atoms with E-state index in [0.29, 0.717) is 17.7 Å². The fourth-order valence-electron chi connectivity index (χ4n) is 4.41. The third-order valence-electron chi connectivity index (χ3n) is 5.77. The van der Waals surface area contributed by atoms with E-state index >= 15 is 0 Å². The molecule has 2 N–H and O–H groups in total. The predicted octanol–water partition coefficient (Wildman–Crippen LogP) is 7.12. The van der Waals surface area contributed by atoms with Gasteiger partial charge in [-0.15, -0.1) is 11.3 Å². The lowest BCUT2D eigenvalue weighted by Gasteiger charge is -2.43. The highest BCUT2D eigenvalue weighted by Crippen LogP contribution is 2.52. The second-order valence-corrected chi connectivity index (χ2v) is 11.1. The van der Waals surface area contributed by atoms with Gasteiger partial charge in [-0.3, -0.25) is 9.69 Å². The molecule has 1 atom stereocenters. The van der Waals surface area contributed by atoms with Crippen molar-refractivity contribution in [3.05, 3.63) is 72.2 Å². The molecule has 1 aromatic heterocycles. The van der Waals surface area contributed by atoms with Crippen molar-refractivity contribution in [1.82, 2.24) is 0 Å². The molecule has 0 spiro atoms. The van der Waals surface area contributed by atoms with Crippen LogP contribution in [0.25, 0.3) is 0 Å². The number of allylic oxidation sites excluding steroid dienone is 3. The van der Waals surface area contributed by atoms with Crippen molar-refractivity contribution in [2.45, 2.75) is 38.8 Å². The van der Waals surface area contributed by atoms with E-state index in [0.717, 1.165) is 27.5 Å². The number of thiophene rings is 1. The number of halogens is 5. The average molecular weight is 557 g/mol. The minimum absolute atomic E-state index is 0.0134. The molecule has 1 aliphatic carbocycles. The van der Waals surface area contributed by atoms with Crippen molar-refractivity contribution in [2.75, 3.05) is 4.90 Å². The first-order chi connectivity index (χ1) is 15.3. The number of carbonyl (C=O) groups is 1. The Bertz CT molecular complexity index is 1270. The maximum absolute atomic E-state index is 13.5. The van der Waals surface area contributed by atoms with Crippen LogP contribution >= 0.6 is 38.9 Å². The molecular weight excluding hydrogens is 539 g/mol. The Hall–Kier alpha value is -2.28. The number of hydrogen-bond acceptors (Lipinski definition) is 5. The Morgan fingerprint density at radius 1 is 1.30 bits per heavy atom. The predicted molar refractivity (Wildman–Crippen MR) is 126 cm³/mol. The molecule has 1 unspecified atom stereocenters. The zero-order valence-corrected chi connectivity index (χ0v) is 20.7. The highest BCUT2D eigenvalue weighted by molar-refractivity contribution is 9.10. The van der Waals surface area contributed by atoms with Gasteiger partial charge in [0.2, 0.25) is 0 Å². The van der Waals surface area contributed by atoms with Gasteiger partial charge in [0.05, 0.1) is 33.8 Å². The zero-order valence-electron chi connectivity index (χ0n) is 17.6.